The molecular formula is C6H4Cl3O3PS. The van der Waals surface area contributed by atoms with Gasteiger partial charge in [-0.3, -0.25) is 0 Å². The van der Waals surface area contributed by atoms with Crippen molar-refractivity contribution in [2.75, 3.05) is 0 Å². The summed E-state index contributed by atoms with van der Waals surface area (Å²) < 4.78 is 4.63. The van der Waals surface area contributed by atoms with Crippen LogP contribution < -0.4 is 4.52 Å². The molecule has 1 rings (SSSR count). The van der Waals surface area contributed by atoms with Gasteiger partial charge in [-0.1, -0.05) is 34.8 Å². The molecule has 0 saturated heterocycles. The van der Waals surface area contributed by atoms with Gasteiger partial charge in [-0.15, -0.1) is 0 Å². The molecule has 0 atom stereocenters. The van der Waals surface area contributed by atoms with Gasteiger partial charge in [0.05, 0.1) is 10.0 Å². The van der Waals surface area contributed by atoms with E-state index in [4.69, 9.17) is 44.6 Å². The molecule has 0 heterocycles. The molecule has 3 nitrogen and oxygen atoms in total. The van der Waals surface area contributed by atoms with Gasteiger partial charge >= 0.3 is 6.72 Å². The second-order valence-electron chi connectivity index (χ2n) is 2.25. The minimum Gasteiger partial charge on any atom is -0.421 e. The quantitative estimate of drug-likeness (QED) is 0.649. The maximum atomic E-state index is 8.91. The van der Waals surface area contributed by atoms with Crippen LogP contribution in [-0.4, -0.2) is 9.79 Å². The molecule has 1 aromatic carbocycles. The molecule has 78 valence electrons. The van der Waals surface area contributed by atoms with Crippen molar-refractivity contribution in [3.8, 4) is 5.75 Å². The van der Waals surface area contributed by atoms with E-state index in [0.717, 1.165) is 0 Å². The molecule has 0 radical (unpaired) electrons. The summed E-state index contributed by atoms with van der Waals surface area (Å²) in [5.74, 6) is -0.117. The molecule has 0 aliphatic heterocycles. The lowest BCUT2D eigenvalue weighted by atomic mass is 10.3. The third kappa shape index (κ3) is 3.24. The van der Waals surface area contributed by atoms with E-state index in [1.54, 1.807) is 0 Å². The molecule has 1 aromatic rings. The highest BCUT2D eigenvalue weighted by atomic mass is 35.5. The van der Waals surface area contributed by atoms with E-state index in [0.29, 0.717) is 0 Å². The molecule has 0 fully saturated rings. The molecule has 0 aliphatic rings. The van der Waals surface area contributed by atoms with Gasteiger partial charge in [0.2, 0.25) is 0 Å². The van der Waals surface area contributed by atoms with Crippen LogP contribution in [-0.2, 0) is 11.8 Å². The van der Waals surface area contributed by atoms with Crippen LogP contribution in [0, 0.1) is 0 Å². The first-order valence-electron chi connectivity index (χ1n) is 3.20. The first-order valence-corrected chi connectivity index (χ1v) is 6.96. The standard InChI is InChI=1S/C6H4Cl3O3PS/c7-3-1-2-4(8)6(5(3)9)12-13(10,11)14/h1-2H,(H2,10,11,14). The molecule has 0 amide bonds. The highest BCUT2D eigenvalue weighted by Crippen LogP contribution is 2.46. The first-order chi connectivity index (χ1) is 6.31. The largest absolute Gasteiger partial charge is 0.421 e. The molecule has 0 aliphatic carbocycles. The summed E-state index contributed by atoms with van der Waals surface area (Å²) in [4.78, 5) is 17.8. The number of hydrogen-bond acceptors (Lipinski definition) is 2. The van der Waals surface area contributed by atoms with Gasteiger partial charge < -0.3 is 14.3 Å². The Morgan fingerprint density at radius 3 is 2.14 bits per heavy atom. The fourth-order valence-corrected chi connectivity index (χ4v) is 2.07. The Bertz CT molecular complexity index is 406. The van der Waals surface area contributed by atoms with Crippen molar-refractivity contribution in [3.63, 3.8) is 0 Å². The fourth-order valence-electron chi connectivity index (χ4n) is 0.711. The monoisotopic (exact) mass is 292 g/mol. The van der Waals surface area contributed by atoms with Crippen LogP contribution in [0.1, 0.15) is 0 Å². The Labute approximate surface area is 100 Å². The number of rotatable bonds is 2. The molecule has 2 N–H and O–H groups in total. The van der Waals surface area contributed by atoms with Crippen molar-refractivity contribution in [1.29, 1.82) is 0 Å². The highest BCUT2D eigenvalue weighted by Gasteiger charge is 2.17. The van der Waals surface area contributed by atoms with Crippen molar-refractivity contribution in [1.82, 2.24) is 0 Å². The lowest BCUT2D eigenvalue weighted by Crippen LogP contribution is -1.91. The summed E-state index contributed by atoms with van der Waals surface area (Å²) >= 11 is 21.3. The second kappa shape index (κ2) is 4.54. The maximum absolute atomic E-state index is 8.91. The van der Waals surface area contributed by atoms with Gasteiger partial charge in [0.1, 0.15) is 5.02 Å². The van der Waals surface area contributed by atoms with E-state index in [1.165, 1.54) is 12.1 Å². The summed E-state index contributed by atoms with van der Waals surface area (Å²) in [5.41, 5.74) is 0. The molecule has 0 saturated carbocycles. The zero-order valence-corrected chi connectivity index (χ0v) is 10.4. The van der Waals surface area contributed by atoms with Crippen molar-refractivity contribution in [2.45, 2.75) is 0 Å². The third-order valence-electron chi connectivity index (χ3n) is 1.21. The number of benzene rings is 1. The van der Waals surface area contributed by atoms with E-state index in [2.05, 4.69) is 16.3 Å². The van der Waals surface area contributed by atoms with Crippen LogP contribution >= 0.6 is 41.5 Å². The highest BCUT2D eigenvalue weighted by molar-refractivity contribution is 8.06. The van der Waals surface area contributed by atoms with Crippen LogP contribution in [0.2, 0.25) is 15.1 Å². The van der Waals surface area contributed by atoms with Crippen LogP contribution in [0.15, 0.2) is 12.1 Å². The summed E-state index contributed by atoms with van der Waals surface area (Å²) in [7, 11) is 0. The summed E-state index contributed by atoms with van der Waals surface area (Å²) in [5, 5.41) is 0.294. The fraction of sp³-hybridized carbons (Fsp3) is 0. The van der Waals surface area contributed by atoms with Gasteiger partial charge in [-0.25, -0.2) is 0 Å². The van der Waals surface area contributed by atoms with Crippen molar-refractivity contribution in [3.05, 3.63) is 27.2 Å². The Kier molecular flexibility index (Phi) is 4.06. The second-order valence-corrected chi connectivity index (χ2v) is 6.04. The summed E-state index contributed by atoms with van der Waals surface area (Å²) in [6.07, 6.45) is 0. The normalized spacial score (nSPS) is 11.5. The van der Waals surface area contributed by atoms with E-state index in [-0.39, 0.29) is 20.8 Å². The van der Waals surface area contributed by atoms with Crippen LogP contribution in [0.25, 0.3) is 0 Å². The molecule has 0 bridgehead atoms. The van der Waals surface area contributed by atoms with Crippen LogP contribution in [0.4, 0.5) is 0 Å². The number of hydrogen-bond donors (Lipinski definition) is 2. The van der Waals surface area contributed by atoms with Crippen LogP contribution in [0.3, 0.4) is 0 Å². The van der Waals surface area contributed by atoms with Gasteiger partial charge in [-0.05, 0) is 12.1 Å². The predicted molar refractivity (Wildman–Crippen MR) is 60.8 cm³/mol. The Morgan fingerprint density at radius 2 is 1.64 bits per heavy atom. The SMILES string of the molecule is OP(O)(=S)Oc1c(Cl)ccc(Cl)c1Cl. The zero-order valence-electron chi connectivity index (χ0n) is 6.45. The molecule has 8 heteroatoms. The average molecular weight is 293 g/mol. The smallest absolute Gasteiger partial charge is 0.375 e. The average Bonchev–Trinajstić information content (AvgIpc) is 2.04. The van der Waals surface area contributed by atoms with E-state index >= 15 is 0 Å². The van der Waals surface area contributed by atoms with Crippen molar-refractivity contribution >= 4 is 53.3 Å². The molecule has 0 unspecified atom stereocenters. The van der Waals surface area contributed by atoms with Gasteiger partial charge in [0.15, 0.2) is 5.75 Å². The Morgan fingerprint density at radius 1 is 1.14 bits per heavy atom. The maximum Gasteiger partial charge on any atom is 0.375 e. The summed E-state index contributed by atoms with van der Waals surface area (Å²) in [6.45, 7) is -3.86. The Hall–Kier alpha value is 0.460. The summed E-state index contributed by atoms with van der Waals surface area (Å²) in [6, 6.07) is 2.87. The number of halogens is 3. The molecule has 0 aromatic heterocycles. The topological polar surface area (TPSA) is 49.7 Å². The minimum atomic E-state index is -3.86. The van der Waals surface area contributed by atoms with E-state index in [9.17, 15) is 0 Å². The van der Waals surface area contributed by atoms with E-state index < -0.39 is 6.72 Å². The van der Waals surface area contributed by atoms with Crippen molar-refractivity contribution < 1.29 is 14.3 Å². The van der Waals surface area contributed by atoms with Crippen molar-refractivity contribution in [2.24, 2.45) is 0 Å². The predicted octanol–water partition coefficient (Wildman–Crippen LogP) is 3.23. The lowest BCUT2D eigenvalue weighted by Gasteiger charge is -2.13. The molecule has 14 heavy (non-hydrogen) atoms. The lowest BCUT2D eigenvalue weighted by molar-refractivity contribution is 0.371. The Balaban J connectivity index is 3.20. The van der Waals surface area contributed by atoms with Gasteiger partial charge in [-0.2, -0.15) is 0 Å². The molecular weight excluding hydrogens is 289 g/mol. The first kappa shape index (κ1) is 12.5. The minimum absolute atomic E-state index is 0.00325. The van der Waals surface area contributed by atoms with Gasteiger partial charge in [0.25, 0.3) is 0 Å². The zero-order chi connectivity index (χ0) is 10.9. The third-order valence-corrected chi connectivity index (χ3v) is 2.94. The van der Waals surface area contributed by atoms with E-state index in [1.807, 2.05) is 0 Å². The molecule has 0 spiro atoms. The van der Waals surface area contributed by atoms with Gasteiger partial charge in [0, 0.05) is 11.8 Å². The van der Waals surface area contributed by atoms with Crippen LogP contribution in [0.5, 0.6) is 5.75 Å².